The highest BCUT2D eigenvalue weighted by atomic mass is 35.5. The molecule has 0 saturated carbocycles. The summed E-state index contributed by atoms with van der Waals surface area (Å²) >= 11 is 5.71. The first kappa shape index (κ1) is 19.9. The zero-order valence-corrected chi connectivity index (χ0v) is 15.2. The maximum atomic E-state index is 14.3. The second kappa shape index (κ2) is 7.84. The summed E-state index contributed by atoms with van der Waals surface area (Å²) in [5, 5.41) is 0.401. The molecule has 26 heavy (non-hydrogen) atoms. The van der Waals surface area contributed by atoms with Gasteiger partial charge < -0.3 is 4.74 Å². The fourth-order valence-corrected chi connectivity index (χ4v) is 3.21. The minimum absolute atomic E-state index is 0.0106. The first-order valence-corrected chi connectivity index (χ1v) is 9.04. The first-order valence-electron chi connectivity index (χ1n) is 7.16. The highest BCUT2D eigenvalue weighted by Crippen LogP contribution is 2.27. The van der Waals surface area contributed by atoms with Crippen LogP contribution in [0.2, 0.25) is 5.02 Å². The number of carbonyl (C=O) groups excluding carboxylic acids is 1. The highest BCUT2D eigenvalue weighted by molar-refractivity contribution is 7.95. The van der Waals surface area contributed by atoms with Gasteiger partial charge in [-0.1, -0.05) is 24.2 Å². The zero-order chi connectivity index (χ0) is 19.5. The van der Waals surface area contributed by atoms with E-state index in [9.17, 15) is 22.0 Å². The van der Waals surface area contributed by atoms with Crippen molar-refractivity contribution in [3.8, 4) is 0 Å². The molecule has 0 saturated heterocycles. The molecule has 0 atom stereocenters. The average Bonchev–Trinajstić information content (AvgIpc) is 2.62. The molecule has 9 heteroatoms. The quantitative estimate of drug-likeness (QED) is 0.689. The number of hydrogen-bond donors (Lipinski definition) is 0. The topological polar surface area (TPSA) is 63.7 Å². The summed E-state index contributed by atoms with van der Waals surface area (Å²) in [6.07, 6.45) is 0. The molecule has 0 spiro atoms. The average molecular weight is 402 g/mol. The number of rotatable bonds is 6. The Bertz CT molecular complexity index is 963. The molecule has 0 amide bonds. The Hall–Kier alpha value is -2.45. The van der Waals surface area contributed by atoms with Crippen LogP contribution >= 0.6 is 11.6 Å². The van der Waals surface area contributed by atoms with E-state index in [0.717, 1.165) is 29.6 Å². The van der Waals surface area contributed by atoms with E-state index in [4.69, 9.17) is 11.6 Å². The summed E-state index contributed by atoms with van der Waals surface area (Å²) < 4.78 is 57.6. The van der Waals surface area contributed by atoms with Crippen LogP contribution in [0.5, 0.6) is 0 Å². The minimum atomic E-state index is -4.03. The maximum Gasteiger partial charge on any atom is 0.337 e. The lowest BCUT2D eigenvalue weighted by Gasteiger charge is -2.23. The largest absolute Gasteiger partial charge is 0.465 e. The predicted octanol–water partition coefficient (Wildman–Crippen LogP) is 3.88. The molecule has 0 radical (unpaired) electrons. The number of hydrogen-bond acceptors (Lipinski definition) is 4. The van der Waals surface area contributed by atoms with Gasteiger partial charge in [0.15, 0.2) is 0 Å². The van der Waals surface area contributed by atoms with E-state index < -0.39 is 34.2 Å². The SMILES string of the molecule is C=CS(=O)(=O)N(Cc1ccc(C(=O)OC)cc1F)c1ccc(F)c(Cl)c1. The Balaban J connectivity index is 2.47. The second-order valence-electron chi connectivity index (χ2n) is 5.11. The predicted molar refractivity (Wildman–Crippen MR) is 94.4 cm³/mol. The van der Waals surface area contributed by atoms with E-state index in [1.54, 1.807) is 0 Å². The fraction of sp³-hybridized carbons (Fsp3) is 0.118. The monoisotopic (exact) mass is 401 g/mol. The lowest BCUT2D eigenvalue weighted by Crippen LogP contribution is -2.29. The minimum Gasteiger partial charge on any atom is -0.465 e. The van der Waals surface area contributed by atoms with Crippen molar-refractivity contribution >= 4 is 33.3 Å². The Labute approximate surface area is 154 Å². The van der Waals surface area contributed by atoms with E-state index in [0.29, 0.717) is 5.41 Å². The number of nitrogens with zero attached hydrogens (tertiary/aromatic N) is 1. The summed E-state index contributed by atoms with van der Waals surface area (Å²) in [6, 6.07) is 6.82. The smallest absolute Gasteiger partial charge is 0.337 e. The van der Waals surface area contributed by atoms with Gasteiger partial charge in [0.1, 0.15) is 11.6 Å². The standard InChI is InChI=1S/C17H14ClF2NO4S/c1-3-26(23,24)21(13-6-7-15(19)14(18)9-13)10-12-5-4-11(8-16(12)20)17(22)25-2/h3-9H,1,10H2,2H3. The van der Waals surface area contributed by atoms with Crippen LogP contribution in [0.1, 0.15) is 15.9 Å². The van der Waals surface area contributed by atoms with Crippen molar-refractivity contribution in [2.75, 3.05) is 11.4 Å². The van der Waals surface area contributed by atoms with E-state index in [-0.39, 0.29) is 21.8 Å². The number of anilines is 1. The Morgan fingerprint density at radius 1 is 1.23 bits per heavy atom. The zero-order valence-electron chi connectivity index (χ0n) is 13.6. The summed E-state index contributed by atoms with van der Waals surface area (Å²) in [6.45, 7) is 2.83. The molecule has 5 nitrogen and oxygen atoms in total. The molecule has 0 bridgehead atoms. The van der Waals surface area contributed by atoms with Crippen LogP contribution in [0, 0.1) is 11.6 Å². The Morgan fingerprint density at radius 2 is 1.92 bits per heavy atom. The van der Waals surface area contributed by atoms with Gasteiger partial charge in [-0.3, -0.25) is 4.31 Å². The molecular weight excluding hydrogens is 388 g/mol. The van der Waals surface area contributed by atoms with Crippen molar-refractivity contribution in [1.82, 2.24) is 0 Å². The molecule has 0 aliphatic carbocycles. The van der Waals surface area contributed by atoms with E-state index in [2.05, 4.69) is 11.3 Å². The third kappa shape index (κ3) is 4.20. The van der Waals surface area contributed by atoms with Crippen LogP contribution < -0.4 is 4.31 Å². The molecule has 138 valence electrons. The second-order valence-corrected chi connectivity index (χ2v) is 7.33. The van der Waals surface area contributed by atoms with E-state index in [1.165, 1.54) is 18.2 Å². The van der Waals surface area contributed by atoms with Crippen molar-refractivity contribution in [2.45, 2.75) is 6.54 Å². The third-order valence-corrected chi connectivity index (χ3v) is 5.16. The molecule has 0 heterocycles. The highest BCUT2D eigenvalue weighted by Gasteiger charge is 2.22. The molecule has 0 aromatic heterocycles. The van der Waals surface area contributed by atoms with Crippen molar-refractivity contribution in [2.24, 2.45) is 0 Å². The summed E-state index contributed by atoms with van der Waals surface area (Å²) in [4.78, 5) is 11.4. The summed E-state index contributed by atoms with van der Waals surface area (Å²) in [5.74, 6) is -2.25. The van der Waals surface area contributed by atoms with Gasteiger partial charge in [-0.15, -0.1) is 0 Å². The van der Waals surface area contributed by atoms with Crippen molar-refractivity contribution in [1.29, 1.82) is 0 Å². The van der Waals surface area contributed by atoms with Crippen LogP contribution in [0.3, 0.4) is 0 Å². The molecule has 0 fully saturated rings. The molecule has 0 aliphatic heterocycles. The van der Waals surface area contributed by atoms with Gasteiger partial charge in [0, 0.05) is 11.0 Å². The fourth-order valence-electron chi connectivity index (χ4n) is 2.13. The van der Waals surface area contributed by atoms with E-state index >= 15 is 0 Å². The lowest BCUT2D eigenvalue weighted by atomic mass is 10.1. The maximum absolute atomic E-state index is 14.3. The molecule has 2 aromatic rings. The van der Waals surface area contributed by atoms with Crippen LogP contribution in [-0.2, 0) is 21.3 Å². The molecule has 0 aliphatic rings. The van der Waals surface area contributed by atoms with Gasteiger partial charge in [-0.2, -0.15) is 0 Å². The van der Waals surface area contributed by atoms with Crippen LogP contribution in [0.15, 0.2) is 48.4 Å². The first-order chi connectivity index (χ1) is 12.2. The molecule has 0 N–H and O–H groups in total. The molecular formula is C17H14ClF2NO4S. The number of methoxy groups -OCH3 is 1. The Morgan fingerprint density at radius 3 is 2.46 bits per heavy atom. The van der Waals surface area contributed by atoms with Crippen molar-refractivity contribution in [3.63, 3.8) is 0 Å². The van der Waals surface area contributed by atoms with Crippen LogP contribution in [0.4, 0.5) is 14.5 Å². The Kier molecular flexibility index (Phi) is 5.99. The number of ether oxygens (including phenoxy) is 1. The van der Waals surface area contributed by atoms with Gasteiger partial charge >= 0.3 is 5.97 Å². The van der Waals surface area contributed by atoms with E-state index in [1.807, 2.05) is 0 Å². The normalized spacial score (nSPS) is 11.1. The van der Waals surface area contributed by atoms with Crippen molar-refractivity contribution in [3.05, 3.63) is 76.2 Å². The van der Waals surface area contributed by atoms with Gasteiger partial charge in [0.05, 0.1) is 29.9 Å². The van der Waals surface area contributed by atoms with Gasteiger partial charge in [0.2, 0.25) is 0 Å². The number of carbonyl (C=O) groups is 1. The van der Waals surface area contributed by atoms with Crippen molar-refractivity contribution < 1.29 is 26.7 Å². The number of benzene rings is 2. The lowest BCUT2D eigenvalue weighted by molar-refractivity contribution is 0.0600. The number of halogens is 3. The third-order valence-electron chi connectivity index (χ3n) is 3.50. The summed E-state index contributed by atoms with van der Waals surface area (Å²) in [7, 11) is -2.87. The van der Waals surface area contributed by atoms with Crippen LogP contribution in [0.25, 0.3) is 0 Å². The van der Waals surface area contributed by atoms with Gasteiger partial charge in [-0.05, 0) is 30.3 Å². The molecule has 2 aromatic carbocycles. The van der Waals surface area contributed by atoms with Crippen LogP contribution in [-0.4, -0.2) is 21.5 Å². The molecule has 0 unspecified atom stereocenters. The summed E-state index contributed by atoms with van der Waals surface area (Å²) in [5.41, 5.74) is 0.00738. The number of sulfonamides is 1. The number of esters is 1. The van der Waals surface area contributed by atoms with Gasteiger partial charge in [-0.25, -0.2) is 22.0 Å². The molecule has 2 rings (SSSR count). The van der Waals surface area contributed by atoms with Gasteiger partial charge in [0.25, 0.3) is 10.0 Å².